The van der Waals surface area contributed by atoms with Gasteiger partial charge in [0.15, 0.2) is 0 Å². The molecule has 1 aromatic heterocycles. The second kappa shape index (κ2) is 10.00. The van der Waals surface area contributed by atoms with E-state index in [9.17, 15) is 9.90 Å². The van der Waals surface area contributed by atoms with E-state index in [4.69, 9.17) is 11.6 Å². The van der Waals surface area contributed by atoms with E-state index in [1.807, 2.05) is 30.3 Å². The first-order valence-corrected chi connectivity index (χ1v) is 10.7. The highest BCUT2D eigenvalue weighted by atomic mass is 35.5. The van der Waals surface area contributed by atoms with Crippen molar-refractivity contribution in [3.63, 3.8) is 0 Å². The van der Waals surface area contributed by atoms with Crippen molar-refractivity contribution in [1.82, 2.24) is 30.4 Å². The second-order valence-electron chi connectivity index (χ2n) is 7.64. The minimum Gasteiger partial charge on any atom is -0.395 e. The van der Waals surface area contributed by atoms with Gasteiger partial charge in [-0.1, -0.05) is 35.9 Å². The Hall–Kier alpha value is -2.81. The Morgan fingerprint density at radius 3 is 2.71 bits per heavy atom. The van der Waals surface area contributed by atoms with Gasteiger partial charge in [-0.25, -0.2) is 0 Å². The molecule has 0 spiro atoms. The molecule has 8 nitrogen and oxygen atoms in total. The molecule has 0 radical (unpaired) electrons. The maximum Gasteiger partial charge on any atom is 0.243 e. The smallest absolute Gasteiger partial charge is 0.243 e. The fourth-order valence-electron chi connectivity index (χ4n) is 3.82. The number of aromatic nitrogens is 4. The molecule has 2 aromatic carbocycles. The number of amides is 1. The summed E-state index contributed by atoms with van der Waals surface area (Å²) in [7, 11) is 0. The summed E-state index contributed by atoms with van der Waals surface area (Å²) in [6.45, 7) is 2.35. The molecule has 0 bridgehead atoms. The van der Waals surface area contributed by atoms with Crippen LogP contribution in [0.1, 0.15) is 24.0 Å². The molecule has 4 rings (SSSR count). The van der Waals surface area contributed by atoms with Crippen molar-refractivity contribution < 1.29 is 9.90 Å². The molecule has 1 amide bonds. The molecular weight excluding hydrogens is 416 g/mol. The van der Waals surface area contributed by atoms with Crippen LogP contribution in [0.2, 0.25) is 5.02 Å². The number of rotatable bonds is 8. The van der Waals surface area contributed by atoms with E-state index in [1.54, 1.807) is 12.1 Å². The van der Waals surface area contributed by atoms with E-state index < -0.39 is 0 Å². The van der Waals surface area contributed by atoms with Crippen LogP contribution in [0.3, 0.4) is 0 Å². The summed E-state index contributed by atoms with van der Waals surface area (Å²) < 4.78 is 0. The number of aliphatic hydroxyl groups excluding tert-OH is 1. The Balaban J connectivity index is 1.34. The molecule has 9 heteroatoms. The van der Waals surface area contributed by atoms with Crippen molar-refractivity contribution >= 4 is 17.5 Å². The van der Waals surface area contributed by atoms with Gasteiger partial charge >= 0.3 is 0 Å². The van der Waals surface area contributed by atoms with Crippen LogP contribution < -0.4 is 5.32 Å². The summed E-state index contributed by atoms with van der Waals surface area (Å²) in [5.41, 5.74) is 3.01. The highest BCUT2D eigenvalue weighted by Crippen LogP contribution is 2.21. The number of aliphatic hydroxyl groups is 1. The Bertz CT molecular complexity index is 1020. The molecule has 2 N–H and O–H groups in total. The van der Waals surface area contributed by atoms with Crippen LogP contribution in [0.25, 0.3) is 11.4 Å². The minimum absolute atomic E-state index is 0.0124. The maximum atomic E-state index is 12.4. The fraction of sp³-hybridized carbons (Fsp3) is 0.364. The molecule has 0 saturated carbocycles. The monoisotopic (exact) mass is 440 g/mol. The molecule has 2 heterocycles. The Kier molecular flexibility index (Phi) is 6.91. The minimum atomic E-state index is -0.190. The van der Waals surface area contributed by atoms with Gasteiger partial charge in [-0.2, -0.15) is 4.80 Å². The highest BCUT2D eigenvalue weighted by molar-refractivity contribution is 6.30. The van der Waals surface area contributed by atoms with E-state index in [0.29, 0.717) is 17.4 Å². The maximum absolute atomic E-state index is 12.4. The normalized spacial score (nSPS) is 16.5. The topological polar surface area (TPSA) is 96.2 Å². The lowest BCUT2D eigenvalue weighted by Crippen LogP contribution is -2.32. The van der Waals surface area contributed by atoms with Crippen molar-refractivity contribution in [3.8, 4) is 11.4 Å². The molecular formula is C22H25ClN6O2. The number of nitrogens with zero attached hydrogens (tertiary/aromatic N) is 5. The third-order valence-corrected chi connectivity index (χ3v) is 5.77. The van der Waals surface area contributed by atoms with E-state index in [1.165, 1.54) is 4.80 Å². The Morgan fingerprint density at radius 1 is 1.16 bits per heavy atom. The highest BCUT2D eigenvalue weighted by Gasteiger charge is 2.24. The van der Waals surface area contributed by atoms with E-state index in [2.05, 4.69) is 31.7 Å². The van der Waals surface area contributed by atoms with Crippen LogP contribution in [0.15, 0.2) is 48.5 Å². The molecule has 1 fully saturated rings. The average molecular weight is 441 g/mol. The van der Waals surface area contributed by atoms with Crippen molar-refractivity contribution in [3.05, 3.63) is 64.7 Å². The van der Waals surface area contributed by atoms with Crippen LogP contribution in [-0.2, 0) is 24.4 Å². The number of carbonyl (C=O) groups excluding carboxylic acids is 1. The predicted octanol–water partition coefficient (Wildman–Crippen LogP) is 2.27. The van der Waals surface area contributed by atoms with Crippen LogP contribution in [0.4, 0.5) is 0 Å². The Morgan fingerprint density at radius 2 is 1.94 bits per heavy atom. The first-order chi connectivity index (χ1) is 15.1. The number of halogens is 1. The summed E-state index contributed by atoms with van der Waals surface area (Å²) in [6, 6.07) is 15.4. The van der Waals surface area contributed by atoms with E-state index >= 15 is 0 Å². The van der Waals surface area contributed by atoms with E-state index in [0.717, 1.165) is 42.6 Å². The van der Waals surface area contributed by atoms with Gasteiger partial charge in [0.25, 0.3) is 0 Å². The molecule has 31 heavy (non-hydrogen) atoms. The lowest BCUT2D eigenvalue weighted by atomic mass is 10.1. The largest absolute Gasteiger partial charge is 0.395 e. The molecule has 0 aliphatic carbocycles. The zero-order chi connectivity index (χ0) is 21.6. The number of benzene rings is 2. The average Bonchev–Trinajstić information content (AvgIpc) is 3.43. The molecule has 1 atom stereocenters. The molecule has 1 saturated heterocycles. The lowest BCUT2D eigenvalue weighted by Gasteiger charge is -2.24. The van der Waals surface area contributed by atoms with Crippen molar-refractivity contribution in [2.45, 2.75) is 38.5 Å². The first-order valence-electron chi connectivity index (χ1n) is 10.3. The third kappa shape index (κ3) is 5.46. The standard InChI is InChI=1S/C22H25ClN6O2/c23-19-9-7-16(8-10-19)22-25-27-29(26-22)14-21(31)24-12-17-4-1-2-5-18(17)13-28-11-3-6-20(28)15-30/h1-2,4-5,7-10,20,30H,3,6,11-15H2,(H,24,31). The number of likely N-dealkylation sites (tertiary alicyclic amines) is 1. The lowest BCUT2D eigenvalue weighted by molar-refractivity contribution is -0.122. The summed E-state index contributed by atoms with van der Waals surface area (Å²) >= 11 is 5.90. The zero-order valence-electron chi connectivity index (χ0n) is 17.1. The number of tetrazole rings is 1. The molecule has 1 aliphatic rings. The summed E-state index contributed by atoms with van der Waals surface area (Å²) in [5, 5.41) is 25.4. The van der Waals surface area contributed by atoms with Crippen LogP contribution in [0, 0.1) is 0 Å². The molecule has 3 aromatic rings. The first kappa shape index (κ1) is 21.4. The summed E-state index contributed by atoms with van der Waals surface area (Å²) in [4.78, 5) is 16.0. The SMILES string of the molecule is O=C(Cn1nnc(-c2ccc(Cl)cc2)n1)NCc1ccccc1CN1CCCC1CO. The van der Waals surface area contributed by atoms with Crippen LogP contribution >= 0.6 is 11.6 Å². The molecule has 1 unspecified atom stereocenters. The van der Waals surface area contributed by atoms with Crippen molar-refractivity contribution in [1.29, 1.82) is 0 Å². The van der Waals surface area contributed by atoms with Gasteiger partial charge in [-0.05, 0) is 60.0 Å². The van der Waals surface area contributed by atoms with Gasteiger partial charge in [0.2, 0.25) is 11.7 Å². The summed E-state index contributed by atoms with van der Waals surface area (Å²) in [6.07, 6.45) is 2.13. The van der Waals surface area contributed by atoms with Gasteiger partial charge in [-0.15, -0.1) is 10.2 Å². The van der Waals surface area contributed by atoms with Crippen molar-refractivity contribution in [2.24, 2.45) is 0 Å². The molecule has 1 aliphatic heterocycles. The predicted molar refractivity (Wildman–Crippen MR) is 117 cm³/mol. The second-order valence-corrected chi connectivity index (χ2v) is 8.08. The third-order valence-electron chi connectivity index (χ3n) is 5.52. The quantitative estimate of drug-likeness (QED) is 0.557. The summed E-state index contributed by atoms with van der Waals surface area (Å²) in [5.74, 6) is 0.253. The number of nitrogens with one attached hydrogen (secondary N) is 1. The zero-order valence-corrected chi connectivity index (χ0v) is 17.9. The fourth-order valence-corrected chi connectivity index (χ4v) is 3.94. The van der Waals surface area contributed by atoms with Gasteiger partial charge in [0, 0.05) is 29.7 Å². The number of hydrogen-bond donors (Lipinski definition) is 2. The van der Waals surface area contributed by atoms with Gasteiger partial charge < -0.3 is 10.4 Å². The van der Waals surface area contributed by atoms with Gasteiger partial charge in [-0.3, -0.25) is 9.69 Å². The van der Waals surface area contributed by atoms with Gasteiger partial charge in [0.05, 0.1) is 6.61 Å². The van der Waals surface area contributed by atoms with E-state index in [-0.39, 0.29) is 25.1 Å². The Labute approximate surface area is 185 Å². The molecule has 162 valence electrons. The van der Waals surface area contributed by atoms with Crippen molar-refractivity contribution in [2.75, 3.05) is 13.2 Å². The number of carbonyl (C=O) groups is 1. The van der Waals surface area contributed by atoms with Crippen LogP contribution in [-0.4, -0.2) is 55.3 Å². The van der Waals surface area contributed by atoms with Gasteiger partial charge in [0.1, 0.15) is 6.54 Å². The van der Waals surface area contributed by atoms with Crippen LogP contribution in [0.5, 0.6) is 0 Å². The number of hydrogen-bond acceptors (Lipinski definition) is 6.